The smallest absolute Gasteiger partial charge is 0.419 e. The largest absolute Gasteiger partial charge is 0.507 e. The fourth-order valence-corrected chi connectivity index (χ4v) is 5.80. The van der Waals surface area contributed by atoms with Gasteiger partial charge in [0.05, 0.1) is 23.4 Å². The van der Waals surface area contributed by atoms with E-state index in [-0.39, 0.29) is 17.2 Å². The maximum atomic E-state index is 14.5. The van der Waals surface area contributed by atoms with E-state index in [2.05, 4.69) is 10.4 Å². The minimum absolute atomic E-state index is 0.00616. The van der Waals surface area contributed by atoms with Crippen molar-refractivity contribution in [3.05, 3.63) is 83.0 Å². The number of alkyl halides is 3. The summed E-state index contributed by atoms with van der Waals surface area (Å²) in [6, 6.07) is 14.8. The van der Waals surface area contributed by atoms with Crippen LogP contribution in [0.25, 0.3) is 16.6 Å². The van der Waals surface area contributed by atoms with Crippen molar-refractivity contribution in [3.8, 4) is 11.4 Å². The van der Waals surface area contributed by atoms with Gasteiger partial charge in [-0.05, 0) is 66.1 Å². The van der Waals surface area contributed by atoms with Crippen LogP contribution in [0.1, 0.15) is 68.3 Å². The van der Waals surface area contributed by atoms with Crippen molar-refractivity contribution in [3.63, 3.8) is 0 Å². The molecule has 0 bridgehead atoms. The lowest BCUT2D eigenvalue weighted by Crippen LogP contribution is -2.58. The van der Waals surface area contributed by atoms with Crippen LogP contribution in [0.2, 0.25) is 0 Å². The number of aromatic nitrogens is 2. The topological polar surface area (TPSA) is 70.3 Å². The van der Waals surface area contributed by atoms with E-state index in [0.29, 0.717) is 16.8 Å². The van der Waals surface area contributed by atoms with Crippen molar-refractivity contribution in [2.24, 2.45) is 0 Å². The fourth-order valence-electron chi connectivity index (χ4n) is 5.80. The summed E-state index contributed by atoms with van der Waals surface area (Å²) in [7, 11) is 0. The minimum atomic E-state index is -4.91. The molecule has 0 radical (unpaired) electrons. The lowest BCUT2D eigenvalue weighted by Gasteiger charge is -2.49. The van der Waals surface area contributed by atoms with Crippen LogP contribution in [0.15, 0.2) is 60.8 Å². The molecule has 0 fully saturated rings. The second-order valence-electron chi connectivity index (χ2n) is 11.3. The van der Waals surface area contributed by atoms with Crippen LogP contribution in [0, 0.1) is 6.92 Å². The fraction of sp³-hybridized carbons (Fsp3) is 0.367. The van der Waals surface area contributed by atoms with Crippen LogP contribution in [0.4, 0.5) is 18.9 Å². The first-order valence-corrected chi connectivity index (χ1v) is 12.7. The normalized spacial score (nSPS) is 21.1. The van der Waals surface area contributed by atoms with Crippen LogP contribution >= 0.6 is 0 Å². The van der Waals surface area contributed by atoms with Gasteiger partial charge in [-0.15, -0.1) is 0 Å². The Hall–Kier alpha value is -3.52. The van der Waals surface area contributed by atoms with E-state index in [1.165, 1.54) is 0 Å². The number of phenolic OH excluding ortho intramolecular Hbond substituents is 1. The van der Waals surface area contributed by atoms with Crippen molar-refractivity contribution >= 4 is 16.6 Å². The zero-order valence-corrected chi connectivity index (χ0v) is 22.1. The number of fused-ring (bicyclic) bond motifs is 2. The molecule has 0 saturated carbocycles. The molecule has 1 aromatic heterocycles. The highest BCUT2D eigenvalue weighted by atomic mass is 19.4. The van der Waals surface area contributed by atoms with Gasteiger partial charge in [0, 0.05) is 16.6 Å². The Morgan fingerprint density at radius 2 is 1.74 bits per heavy atom. The molecule has 5 nitrogen and oxygen atoms in total. The molecule has 0 aliphatic heterocycles. The molecule has 0 amide bonds. The van der Waals surface area contributed by atoms with E-state index in [1.54, 1.807) is 55.1 Å². The van der Waals surface area contributed by atoms with Crippen molar-refractivity contribution in [1.29, 1.82) is 0 Å². The van der Waals surface area contributed by atoms with E-state index < -0.39 is 29.7 Å². The highest BCUT2D eigenvalue weighted by Crippen LogP contribution is 2.57. The molecule has 1 aliphatic carbocycles. The van der Waals surface area contributed by atoms with E-state index in [4.69, 9.17) is 0 Å². The predicted molar refractivity (Wildman–Crippen MR) is 143 cm³/mol. The number of anilines is 1. The summed E-state index contributed by atoms with van der Waals surface area (Å²) in [5.74, 6) is -0.0215. The van der Waals surface area contributed by atoms with Gasteiger partial charge in [-0.25, -0.2) is 4.68 Å². The molecule has 3 aromatic carbocycles. The summed E-state index contributed by atoms with van der Waals surface area (Å²) in [6.45, 7) is 9.11. The summed E-state index contributed by atoms with van der Waals surface area (Å²) < 4.78 is 45.4. The lowest BCUT2D eigenvalue weighted by atomic mass is 9.62. The molecule has 1 heterocycles. The van der Waals surface area contributed by atoms with Crippen LogP contribution in [0.5, 0.6) is 5.75 Å². The Kier molecular flexibility index (Phi) is 6.02. The number of benzene rings is 3. The second kappa shape index (κ2) is 8.76. The Morgan fingerprint density at radius 1 is 1.05 bits per heavy atom. The average molecular weight is 524 g/mol. The highest BCUT2D eigenvalue weighted by molar-refractivity contribution is 5.84. The number of hydrogen-bond donors (Lipinski definition) is 3. The first kappa shape index (κ1) is 26.1. The summed E-state index contributed by atoms with van der Waals surface area (Å²) in [5, 5.41) is 30.6. The third-order valence-electron chi connectivity index (χ3n) is 7.69. The van der Waals surface area contributed by atoms with Gasteiger partial charge >= 0.3 is 6.18 Å². The van der Waals surface area contributed by atoms with Gasteiger partial charge in [-0.2, -0.15) is 18.3 Å². The number of halogens is 3. The Morgan fingerprint density at radius 3 is 2.37 bits per heavy atom. The quantitative estimate of drug-likeness (QED) is 0.263. The summed E-state index contributed by atoms with van der Waals surface area (Å²) >= 11 is 0. The number of aliphatic hydroxyl groups is 1. The molecule has 0 spiro atoms. The molecule has 5 rings (SSSR count). The summed E-state index contributed by atoms with van der Waals surface area (Å²) in [4.78, 5) is 0. The number of nitrogens with zero attached hydrogens (tertiary/aromatic N) is 2. The average Bonchev–Trinajstić information content (AvgIpc) is 3.24. The van der Waals surface area contributed by atoms with Gasteiger partial charge < -0.3 is 15.5 Å². The van der Waals surface area contributed by atoms with Gasteiger partial charge in [0.25, 0.3) is 0 Å². The first-order chi connectivity index (χ1) is 17.7. The molecule has 4 aromatic rings. The third-order valence-corrected chi connectivity index (χ3v) is 7.69. The van der Waals surface area contributed by atoms with Gasteiger partial charge in [-0.3, -0.25) is 0 Å². The second-order valence-corrected chi connectivity index (χ2v) is 11.3. The van der Waals surface area contributed by atoms with Crippen molar-refractivity contribution < 1.29 is 23.4 Å². The number of rotatable bonds is 4. The Balaban J connectivity index is 1.61. The zero-order chi connectivity index (χ0) is 27.6. The predicted octanol–water partition coefficient (Wildman–Crippen LogP) is 7.29. The lowest BCUT2D eigenvalue weighted by molar-refractivity contribution is -0.276. The molecule has 2 atom stereocenters. The van der Waals surface area contributed by atoms with Crippen LogP contribution in [0.3, 0.4) is 0 Å². The van der Waals surface area contributed by atoms with Gasteiger partial charge in [0.15, 0.2) is 5.60 Å². The third kappa shape index (κ3) is 4.11. The molecule has 38 heavy (non-hydrogen) atoms. The van der Waals surface area contributed by atoms with Gasteiger partial charge in [0.1, 0.15) is 5.75 Å². The zero-order valence-electron chi connectivity index (χ0n) is 22.1. The Labute approximate surface area is 219 Å². The van der Waals surface area contributed by atoms with Crippen LogP contribution < -0.4 is 5.32 Å². The van der Waals surface area contributed by atoms with Gasteiger partial charge in [0.2, 0.25) is 0 Å². The van der Waals surface area contributed by atoms with Crippen molar-refractivity contribution in [2.45, 2.75) is 70.2 Å². The monoisotopic (exact) mass is 523 g/mol. The summed E-state index contributed by atoms with van der Waals surface area (Å²) in [5.41, 5.74) is 0.359. The molecule has 1 aliphatic rings. The van der Waals surface area contributed by atoms with Crippen molar-refractivity contribution in [1.82, 2.24) is 9.78 Å². The maximum absolute atomic E-state index is 14.5. The van der Waals surface area contributed by atoms with E-state index >= 15 is 0 Å². The summed E-state index contributed by atoms with van der Waals surface area (Å²) in [6.07, 6.45) is -3.85. The molecule has 0 saturated heterocycles. The molecular weight excluding hydrogens is 491 g/mol. The molecular formula is C30H32F3N3O2. The number of nitrogens with one attached hydrogen (secondary N) is 1. The standard InChI is InChI=1S/C30H32F3N3O2/c1-17(2)22-11-12-23-25(26(22)37)28(4,5)16-29(38,30(31,32)33)27(23)35-20-8-13-24-19(14-20)15-34-36(24)21-9-6-18(3)7-10-21/h6-15,17,27,35,37-38H,16H2,1-5H3. The number of hydrogen-bond acceptors (Lipinski definition) is 4. The Bertz CT molecular complexity index is 1510. The molecule has 200 valence electrons. The van der Waals surface area contributed by atoms with Crippen LogP contribution in [-0.2, 0) is 5.41 Å². The van der Waals surface area contributed by atoms with Crippen molar-refractivity contribution in [2.75, 3.05) is 5.32 Å². The molecule has 3 N–H and O–H groups in total. The maximum Gasteiger partial charge on any atom is 0.419 e. The SMILES string of the molecule is Cc1ccc(-n2ncc3cc(NC4c5ccc(C(C)C)c(O)c5C(C)(C)CC4(O)C(F)(F)F)ccc32)cc1. The van der Waals surface area contributed by atoms with Gasteiger partial charge in [-0.1, -0.05) is 57.5 Å². The van der Waals surface area contributed by atoms with E-state index in [9.17, 15) is 23.4 Å². The van der Waals surface area contributed by atoms with E-state index in [1.807, 2.05) is 45.0 Å². The first-order valence-electron chi connectivity index (χ1n) is 12.7. The number of phenols is 1. The van der Waals surface area contributed by atoms with E-state index in [0.717, 1.165) is 22.2 Å². The molecule has 2 unspecified atom stereocenters. The number of aryl methyl sites for hydroxylation is 1. The molecule has 8 heteroatoms. The van der Waals surface area contributed by atoms with Crippen LogP contribution in [-0.4, -0.2) is 31.8 Å². The number of aromatic hydroxyl groups is 1. The minimum Gasteiger partial charge on any atom is -0.507 e. The highest BCUT2D eigenvalue weighted by Gasteiger charge is 2.64.